The van der Waals surface area contributed by atoms with Crippen LogP contribution in [0.4, 0.5) is 17.5 Å². The van der Waals surface area contributed by atoms with E-state index in [2.05, 4.69) is 43.7 Å². The van der Waals surface area contributed by atoms with Crippen molar-refractivity contribution in [2.24, 2.45) is 5.92 Å². The van der Waals surface area contributed by atoms with Crippen molar-refractivity contribution in [2.45, 2.75) is 25.8 Å². The Balaban J connectivity index is 1.26. The fraction of sp³-hybridized carbons (Fsp3) is 0.345. The molecule has 0 aliphatic carbocycles. The van der Waals surface area contributed by atoms with Gasteiger partial charge in [0.25, 0.3) is 0 Å². The third-order valence-corrected chi connectivity index (χ3v) is 7.11. The van der Waals surface area contributed by atoms with Crippen molar-refractivity contribution >= 4 is 34.3 Å². The van der Waals surface area contributed by atoms with Crippen molar-refractivity contribution in [3.63, 3.8) is 0 Å². The number of hydrogen-bond donors (Lipinski definition) is 3. The number of anilines is 3. The number of amides is 1. The molecule has 39 heavy (non-hydrogen) atoms. The zero-order valence-corrected chi connectivity index (χ0v) is 22.7. The molecule has 0 bridgehead atoms. The van der Waals surface area contributed by atoms with Gasteiger partial charge in [-0.15, -0.1) is 0 Å². The first kappa shape index (κ1) is 26.1. The first-order valence-corrected chi connectivity index (χ1v) is 13.0. The van der Waals surface area contributed by atoms with Gasteiger partial charge >= 0.3 is 0 Å². The number of ether oxygens (including phenoxy) is 3. The molecule has 2 aromatic heterocycles. The minimum Gasteiger partial charge on any atom is -0.493 e. The summed E-state index contributed by atoms with van der Waals surface area (Å²) in [6.07, 6.45) is 5.38. The van der Waals surface area contributed by atoms with E-state index in [1.54, 1.807) is 39.7 Å². The number of H-pyrrole nitrogens is 1. The summed E-state index contributed by atoms with van der Waals surface area (Å²) in [5.74, 6) is 2.71. The molecule has 2 aromatic carbocycles. The second-order valence-corrected chi connectivity index (χ2v) is 9.62. The van der Waals surface area contributed by atoms with Gasteiger partial charge in [0.1, 0.15) is 5.82 Å². The summed E-state index contributed by atoms with van der Waals surface area (Å²) in [7, 11) is 4.71. The van der Waals surface area contributed by atoms with Crippen LogP contribution in [-0.2, 0) is 4.79 Å². The van der Waals surface area contributed by atoms with Crippen LogP contribution in [0.5, 0.6) is 17.2 Å². The molecule has 1 saturated heterocycles. The van der Waals surface area contributed by atoms with Crippen molar-refractivity contribution in [1.82, 2.24) is 20.3 Å². The predicted molar refractivity (Wildman–Crippen MR) is 151 cm³/mol. The Bertz CT molecular complexity index is 1430. The lowest BCUT2D eigenvalue weighted by molar-refractivity contribution is -0.125. The molecule has 1 aliphatic rings. The first-order chi connectivity index (χ1) is 19.0. The molecule has 10 nitrogen and oxygen atoms in total. The van der Waals surface area contributed by atoms with Crippen LogP contribution < -0.4 is 29.7 Å². The van der Waals surface area contributed by atoms with Gasteiger partial charge in [-0.1, -0.05) is 6.07 Å². The molecule has 10 heteroatoms. The molecule has 3 heterocycles. The number of aromatic amines is 1. The van der Waals surface area contributed by atoms with Gasteiger partial charge in [-0.3, -0.25) is 4.79 Å². The van der Waals surface area contributed by atoms with Crippen LogP contribution in [0.2, 0.25) is 0 Å². The number of hydrogen-bond acceptors (Lipinski definition) is 8. The summed E-state index contributed by atoms with van der Waals surface area (Å²) in [6.45, 7) is 3.44. The van der Waals surface area contributed by atoms with Crippen LogP contribution in [-0.4, -0.2) is 55.3 Å². The van der Waals surface area contributed by atoms with Crippen LogP contribution in [0.1, 0.15) is 31.4 Å². The van der Waals surface area contributed by atoms with E-state index in [1.807, 2.05) is 25.3 Å². The van der Waals surface area contributed by atoms with Crippen molar-refractivity contribution < 1.29 is 19.0 Å². The number of rotatable bonds is 9. The highest BCUT2D eigenvalue weighted by Gasteiger charge is 2.28. The van der Waals surface area contributed by atoms with Crippen molar-refractivity contribution in [1.29, 1.82) is 0 Å². The highest BCUT2D eigenvalue weighted by atomic mass is 16.5. The molecule has 1 aliphatic heterocycles. The molecule has 4 aromatic rings. The van der Waals surface area contributed by atoms with Crippen molar-refractivity contribution in [3.8, 4) is 17.2 Å². The Morgan fingerprint density at radius 1 is 1.08 bits per heavy atom. The molecule has 204 valence electrons. The van der Waals surface area contributed by atoms with Crippen molar-refractivity contribution in [2.75, 3.05) is 44.6 Å². The zero-order chi connectivity index (χ0) is 27.4. The zero-order valence-electron chi connectivity index (χ0n) is 22.7. The largest absolute Gasteiger partial charge is 0.493 e. The van der Waals surface area contributed by atoms with Gasteiger partial charge in [0.15, 0.2) is 11.5 Å². The maximum Gasteiger partial charge on any atom is 0.229 e. The molecule has 1 amide bonds. The van der Waals surface area contributed by atoms with Crippen LogP contribution in [0.25, 0.3) is 10.9 Å². The van der Waals surface area contributed by atoms with Crippen LogP contribution in [0.3, 0.4) is 0 Å². The number of fused-ring (bicyclic) bond motifs is 1. The molecular weight excluding hydrogens is 496 g/mol. The third-order valence-electron chi connectivity index (χ3n) is 7.11. The minimum absolute atomic E-state index is 0.0613. The summed E-state index contributed by atoms with van der Waals surface area (Å²) in [5, 5.41) is 7.58. The lowest BCUT2D eigenvalue weighted by atomic mass is 9.96. The SMILES string of the molecule is COc1cc(Nc2nccc(N3CCCC(C(=O)N[C@@H](C)c4ccc5[nH]ccc5c4)C3)n2)cc(OC)c1OC. The summed E-state index contributed by atoms with van der Waals surface area (Å²) in [5.41, 5.74) is 2.87. The molecule has 1 fully saturated rings. The fourth-order valence-corrected chi connectivity index (χ4v) is 5.02. The van der Waals surface area contributed by atoms with E-state index in [9.17, 15) is 4.79 Å². The van der Waals surface area contributed by atoms with Gasteiger partial charge < -0.3 is 34.7 Å². The Morgan fingerprint density at radius 3 is 2.62 bits per heavy atom. The second kappa shape index (κ2) is 11.5. The standard InChI is InChI=1S/C29H34N6O4/c1-18(19-7-8-23-20(14-19)9-11-30-23)32-28(36)21-6-5-13-35(17-21)26-10-12-31-29(34-26)33-22-15-24(37-2)27(39-4)25(16-22)38-3/h7-12,14-16,18,21,30H,5-6,13,17H2,1-4H3,(H,32,36)(H,31,33,34)/t18-,21?/m0/s1. The van der Waals surface area contributed by atoms with E-state index in [0.29, 0.717) is 35.4 Å². The van der Waals surface area contributed by atoms with Gasteiger partial charge in [-0.2, -0.15) is 4.98 Å². The summed E-state index contributed by atoms with van der Waals surface area (Å²) in [6, 6.07) is 13.7. The molecule has 0 saturated carbocycles. The highest BCUT2D eigenvalue weighted by Crippen LogP contribution is 2.40. The van der Waals surface area contributed by atoms with Gasteiger partial charge in [0.05, 0.1) is 33.3 Å². The maximum absolute atomic E-state index is 13.2. The minimum atomic E-state index is -0.126. The number of nitrogens with one attached hydrogen (secondary N) is 3. The number of aromatic nitrogens is 3. The quantitative estimate of drug-likeness (QED) is 0.282. The number of methoxy groups -OCH3 is 3. The number of benzene rings is 2. The van der Waals surface area contributed by atoms with E-state index < -0.39 is 0 Å². The van der Waals surface area contributed by atoms with Gasteiger partial charge in [0.2, 0.25) is 17.6 Å². The predicted octanol–water partition coefficient (Wildman–Crippen LogP) is 4.82. The molecular formula is C29H34N6O4. The van der Waals surface area contributed by atoms with Crippen LogP contribution in [0, 0.1) is 5.92 Å². The third kappa shape index (κ3) is 5.69. The average Bonchev–Trinajstić information content (AvgIpc) is 3.45. The molecule has 0 radical (unpaired) electrons. The molecule has 2 atom stereocenters. The monoisotopic (exact) mass is 530 g/mol. The Morgan fingerprint density at radius 2 is 1.87 bits per heavy atom. The number of carbonyl (C=O) groups is 1. The highest BCUT2D eigenvalue weighted by molar-refractivity contribution is 5.82. The Kier molecular flexibility index (Phi) is 7.72. The number of nitrogens with zero attached hydrogens (tertiary/aromatic N) is 3. The van der Waals surface area contributed by atoms with E-state index in [1.165, 1.54) is 0 Å². The van der Waals surface area contributed by atoms with Crippen LogP contribution >= 0.6 is 0 Å². The normalized spacial score (nSPS) is 16.0. The van der Waals surface area contributed by atoms with E-state index in [-0.39, 0.29) is 17.9 Å². The fourth-order valence-electron chi connectivity index (χ4n) is 5.02. The Hall–Kier alpha value is -4.47. The molecule has 5 rings (SSSR count). The number of piperidine rings is 1. The van der Waals surface area contributed by atoms with E-state index in [4.69, 9.17) is 19.2 Å². The summed E-state index contributed by atoms with van der Waals surface area (Å²) >= 11 is 0. The summed E-state index contributed by atoms with van der Waals surface area (Å²) < 4.78 is 16.3. The Labute approximate surface area is 227 Å². The van der Waals surface area contributed by atoms with Gasteiger partial charge in [-0.05, 0) is 55.0 Å². The van der Waals surface area contributed by atoms with Gasteiger partial charge in [-0.25, -0.2) is 4.98 Å². The lowest BCUT2D eigenvalue weighted by Crippen LogP contribution is -2.44. The smallest absolute Gasteiger partial charge is 0.229 e. The topological polar surface area (TPSA) is 114 Å². The second-order valence-electron chi connectivity index (χ2n) is 9.62. The average molecular weight is 531 g/mol. The van der Waals surface area contributed by atoms with Gasteiger partial charge in [0, 0.05) is 48.8 Å². The van der Waals surface area contributed by atoms with E-state index >= 15 is 0 Å². The molecule has 1 unspecified atom stereocenters. The van der Waals surface area contributed by atoms with E-state index in [0.717, 1.165) is 41.7 Å². The number of carbonyl (C=O) groups excluding carboxylic acids is 1. The lowest BCUT2D eigenvalue weighted by Gasteiger charge is -2.33. The molecule has 3 N–H and O–H groups in total. The molecule has 0 spiro atoms. The van der Waals surface area contributed by atoms with Crippen LogP contribution in [0.15, 0.2) is 54.9 Å². The van der Waals surface area contributed by atoms with Crippen molar-refractivity contribution in [3.05, 3.63) is 60.4 Å². The maximum atomic E-state index is 13.2. The first-order valence-electron chi connectivity index (χ1n) is 13.0. The summed E-state index contributed by atoms with van der Waals surface area (Å²) in [4.78, 5) is 27.7.